The van der Waals surface area contributed by atoms with Gasteiger partial charge in [-0.05, 0) is 42.9 Å². The van der Waals surface area contributed by atoms with Crippen molar-refractivity contribution in [2.75, 3.05) is 0 Å². The molecule has 0 aromatic rings. The van der Waals surface area contributed by atoms with Crippen LogP contribution in [-0.4, -0.2) is 4.83 Å². The Kier molecular flexibility index (Phi) is 4.49. The third kappa shape index (κ3) is 3.56. The van der Waals surface area contributed by atoms with Gasteiger partial charge in [-0.1, -0.05) is 50.0 Å². The average molecular weight is 261 g/mol. The minimum atomic E-state index is 0.572. The van der Waals surface area contributed by atoms with Crippen LogP contribution in [0.5, 0.6) is 0 Å². The molecule has 0 amide bonds. The Morgan fingerprint density at radius 1 is 1.36 bits per heavy atom. The first-order valence-electron chi connectivity index (χ1n) is 6.08. The van der Waals surface area contributed by atoms with Crippen LogP contribution in [0.15, 0.2) is 0 Å². The summed E-state index contributed by atoms with van der Waals surface area (Å²) in [5.41, 5.74) is 0.572. The molecule has 0 aliphatic heterocycles. The highest BCUT2D eigenvalue weighted by Gasteiger charge is 2.34. The summed E-state index contributed by atoms with van der Waals surface area (Å²) >= 11 is 3.88. The molecule has 0 saturated heterocycles. The predicted molar refractivity (Wildman–Crippen MR) is 67.9 cm³/mol. The van der Waals surface area contributed by atoms with E-state index in [2.05, 4.69) is 43.6 Å². The minimum absolute atomic E-state index is 0.572. The van der Waals surface area contributed by atoms with Crippen molar-refractivity contribution in [1.29, 1.82) is 0 Å². The summed E-state index contributed by atoms with van der Waals surface area (Å²) in [6.07, 6.45) is 6.90. The zero-order valence-corrected chi connectivity index (χ0v) is 11.7. The van der Waals surface area contributed by atoms with E-state index in [4.69, 9.17) is 0 Å². The molecule has 1 fully saturated rings. The molecule has 0 aromatic carbocycles. The van der Waals surface area contributed by atoms with Crippen molar-refractivity contribution >= 4 is 15.9 Å². The normalized spacial score (nSPS) is 34.1. The molecule has 0 aromatic heterocycles. The van der Waals surface area contributed by atoms with Crippen molar-refractivity contribution < 1.29 is 0 Å². The first kappa shape index (κ1) is 12.5. The standard InChI is InChI=1S/C13H25Br/c1-5-6-12(14)11-7-10(2)8-13(3,4)9-11/h10-12H,5-9H2,1-4H3. The molecule has 1 heteroatoms. The number of rotatable bonds is 3. The number of hydrogen-bond donors (Lipinski definition) is 0. The van der Waals surface area contributed by atoms with Crippen LogP contribution in [0.2, 0.25) is 0 Å². The average Bonchev–Trinajstić information content (AvgIpc) is 2.00. The number of halogens is 1. The fourth-order valence-corrected chi connectivity index (χ4v) is 4.07. The summed E-state index contributed by atoms with van der Waals surface area (Å²) in [6.45, 7) is 9.56. The van der Waals surface area contributed by atoms with Gasteiger partial charge in [0, 0.05) is 4.83 Å². The molecule has 0 spiro atoms. The van der Waals surface area contributed by atoms with E-state index < -0.39 is 0 Å². The van der Waals surface area contributed by atoms with Crippen molar-refractivity contribution in [1.82, 2.24) is 0 Å². The topological polar surface area (TPSA) is 0 Å². The lowest BCUT2D eigenvalue weighted by Crippen LogP contribution is -2.31. The van der Waals surface area contributed by atoms with Gasteiger partial charge in [-0.15, -0.1) is 0 Å². The smallest absolute Gasteiger partial charge is 0.0174 e. The summed E-state index contributed by atoms with van der Waals surface area (Å²) in [5.74, 6) is 1.83. The molecule has 0 nitrogen and oxygen atoms in total. The van der Waals surface area contributed by atoms with Crippen LogP contribution < -0.4 is 0 Å². The van der Waals surface area contributed by atoms with E-state index in [9.17, 15) is 0 Å². The third-order valence-corrected chi connectivity index (χ3v) is 4.70. The molecular formula is C13H25Br. The molecule has 1 rings (SSSR count). The fourth-order valence-electron chi connectivity index (χ4n) is 3.21. The predicted octanol–water partition coefficient (Wildman–Crippen LogP) is 5.01. The summed E-state index contributed by atoms with van der Waals surface area (Å²) in [6, 6.07) is 0. The van der Waals surface area contributed by atoms with Crippen molar-refractivity contribution in [3.8, 4) is 0 Å². The van der Waals surface area contributed by atoms with Gasteiger partial charge in [0.1, 0.15) is 0 Å². The Balaban J connectivity index is 2.53. The Morgan fingerprint density at radius 2 is 2.00 bits per heavy atom. The van der Waals surface area contributed by atoms with E-state index in [1.165, 1.54) is 32.1 Å². The largest absolute Gasteiger partial charge is 0.0888 e. The van der Waals surface area contributed by atoms with Gasteiger partial charge in [0.05, 0.1) is 0 Å². The second-order valence-electron chi connectivity index (χ2n) is 5.98. The molecule has 0 radical (unpaired) electrons. The van der Waals surface area contributed by atoms with Crippen molar-refractivity contribution in [2.24, 2.45) is 17.3 Å². The van der Waals surface area contributed by atoms with Crippen LogP contribution >= 0.6 is 15.9 Å². The van der Waals surface area contributed by atoms with Gasteiger partial charge < -0.3 is 0 Å². The molecule has 14 heavy (non-hydrogen) atoms. The van der Waals surface area contributed by atoms with Gasteiger partial charge in [-0.25, -0.2) is 0 Å². The highest BCUT2D eigenvalue weighted by atomic mass is 79.9. The Labute approximate surface area is 98.0 Å². The highest BCUT2D eigenvalue weighted by molar-refractivity contribution is 9.09. The van der Waals surface area contributed by atoms with Crippen molar-refractivity contribution in [3.05, 3.63) is 0 Å². The zero-order valence-electron chi connectivity index (χ0n) is 10.1. The maximum Gasteiger partial charge on any atom is 0.0174 e. The quantitative estimate of drug-likeness (QED) is 0.626. The molecule has 84 valence electrons. The third-order valence-electron chi connectivity index (χ3n) is 3.50. The highest BCUT2D eigenvalue weighted by Crippen LogP contribution is 2.44. The second kappa shape index (κ2) is 5.01. The van der Waals surface area contributed by atoms with Gasteiger partial charge in [0.15, 0.2) is 0 Å². The monoisotopic (exact) mass is 260 g/mol. The zero-order chi connectivity index (χ0) is 10.8. The lowest BCUT2D eigenvalue weighted by atomic mass is 9.67. The van der Waals surface area contributed by atoms with Crippen LogP contribution in [-0.2, 0) is 0 Å². The van der Waals surface area contributed by atoms with E-state index in [-0.39, 0.29) is 0 Å². The Hall–Kier alpha value is 0.480. The molecule has 3 unspecified atom stereocenters. The molecule has 1 aliphatic rings. The molecular weight excluding hydrogens is 236 g/mol. The van der Waals surface area contributed by atoms with Gasteiger partial charge in [-0.3, -0.25) is 0 Å². The van der Waals surface area contributed by atoms with E-state index in [0.717, 1.165) is 16.7 Å². The van der Waals surface area contributed by atoms with Crippen LogP contribution in [0.3, 0.4) is 0 Å². The van der Waals surface area contributed by atoms with Gasteiger partial charge in [0.2, 0.25) is 0 Å². The first-order chi connectivity index (χ1) is 6.44. The molecule has 3 atom stereocenters. The Bertz CT molecular complexity index is 174. The van der Waals surface area contributed by atoms with Crippen molar-refractivity contribution in [3.63, 3.8) is 0 Å². The lowest BCUT2D eigenvalue weighted by molar-refractivity contribution is 0.130. The van der Waals surface area contributed by atoms with Crippen LogP contribution in [0.25, 0.3) is 0 Å². The van der Waals surface area contributed by atoms with Gasteiger partial charge >= 0.3 is 0 Å². The van der Waals surface area contributed by atoms with Gasteiger partial charge in [-0.2, -0.15) is 0 Å². The molecule has 1 saturated carbocycles. The maximum atomic E-state index is 3.88. The lowest BCUT2D eigenvalue weighted by Gasteiger charge is -2.41. The fraction of sp³-hybridized carbons (Fsp3) is 1.00. The van der Waals surface area contributed by atoms with E-state index in [1.54, 1.807) is 0 Å². The summed E-state index contributed by atoms with van der Waals surface area (Å²) in [5, 5.41) is 0. The first-order valence-corrected chi connectivity index (χ1v) is 7.00. The molecule has 0 heterocycles. The van der Waals surface area contributed by atoms with Gasteiger partial charge in [0.25, 0.3) is 0 Å². The Morgan fingerprint density at radius 3 is 2.50 bits per heavy atom. The SMILES string of the molecule is CCCC(Br)C1CC(C)CC(C)(C)C1. The van der Waals surface area contributed by atoms with Crippen molar-refractivity contribution in [2.45, 2.75) is 64.6 Å². The molecule has 0 N–H and O–H groups in total. The number of hydrogen-bond acceptors (Lipinski definition) is 0. The second-order valence-corrected chi connectivity index (χ2v) is 7.15. The van der Waals surface area contributed by atoms with Crippen LogP contribution in [0.4, 0.5) is 0 Å². The summed E-state index contributed by atoms with van der Waals surface area (Å²) < 4.78 is 0. The molecule has 1 aliphatic carbocycles. The number of alkyl halides is 1. The molecule has 0 bridgehead atoms. The summed E-state index contributed by atoms with van der Waals surface area (Å²) in [7, 11) is 0. The minimum Gasteiger partial charge on any atom is -0.0888 e. The van der Waals surface area contributed by atoms with E-state index >= 15 is 0 Å². The van der Waals surface area contributed by atoms with Crippen LogP contribution in [0.1, 0.15) is 59.8 Å². The summed E-state index contributed by atoms with van der Waals surface area (Å²) in [4.78, 5) is 0.759. The maximum absolute atomic E-state index is 3.88. The van der Waals surface area contributed by atoms with E-state index in [0.29, 0.717) is 5.41 Å². The van der Waals surface area contributed by atoms with Crippen LogP contribution in [0, 0.1) is 17.3 Å². The van der Waals surface area contributed by atoms with E-state index in [1.807, 2.05) is 0 Å².